The van der Waals surface area contributed by atoms with E-state index in [1.807, 2.05) is 6.92 Å². The van der Waals surface area contributed by atoms with Crippen molar-refractivity contribution in [2.75, 3.05) is 13.1 Å². The monoisotopic (exact) mass is 305 g/mol. The zero-order valence-corrected chi connectivity index (χ0v) is 12.5. The molecule has 0 amide bonds. The van der Waals surface area contributed by atoms with Crippen LogP contribution in [-0.4, -0.2) is 31.2 Å². The third kappa shape index (κ3) is 2.93. The molecule has 1 saturated heterocycles. The van der Waals surface area contributed by atoms with Crippen molar-refractivity contribution in [3.05, 3.63) is 29.6 Å². The zero-order chi connectivity index (χ0) is 14.2. The van der Waals surface area contributed by atoms with E-state index in [-0.39, 0.29) is 10.3 Å². The van der Waals surface area contributed by atoms with Crippen LogP contribution in [0.3, 0.4) is 0 Å². The fourth-order valence-electron chi connectivity index (χ4n) is 2.25. The van der Waals surface area contributed by atoms with Gasteiger partial charge in [0.1, 0.15) is 5.82 Å². The summed E-state index contributed by atoms with van der Waals surface area (Å²) in [6.07, 6.45) is 0.744. The van der Waals surface area contributed by atoms with Gasteiger partial charge in [-0.1, -0.05) is 6.92 Å². The lowest BCUT2D eigenvalue weighted by Gasteiger charge is -2.33. The summed E-state index contributed by atoms with van der Waals surface area (Å²) in [6, 6.07) is 3.73. The number of benzene rings is 1. The fourth-order valence-corrected chi connectivity index (χ4v) is 4.31. The molecule has 2 unspecified atom stereocenters. The molecule has 0 N–H and O–H groups in total. The number of sulfonamides is 1. The SMILES string of the molecule is Cc1cc(F)ccc1S(=O)(=O)N1CCC(C)C(Cl)C1. The van der Waals surface area contributed by atoms with Crippen LogP contribution in [0, 0.1) is 18.7 Å². The van der Waals surface area contributed by atoms with Gasteiger partial charge in [-0.05, 0) is 43.0 Å². The van der Waals surface area contributed by atoms with E-state index in [1.165, 1.54) is 22.5 Å². The molecule has 1 aliphatic heterocycles. The minimum absolute atomic E-state index is 0.160. The molecule has 2 atom stereocenters. The van der Waals surface area contributed by atoms with E-state index in [2.05, 4.69) is 0 Å². The van der Waals surface area contributed by atoms with Gasteiger partial charge in [0.05, 0.1) is 4.90 Å². The van der Waals surface area contributed by atoms with Crippen LogP contribution in [0.1, 0.15) is 18.9 Å². The molecular weight excluding hydrogens is 289 g/mol. The fraction of sp³-hybridized carbons (Fsp3) is 0.538. The second-order valence-electron chi connectivity index (χ2n) is 5.05. The van der Waals surface area contributed by atoms with E-state index < -0.39 is 15.8 Å². The van der Waals surface area contributed by atoms with Gasteiger partial charge in [-0.25, -0.2) is 12.8 Å². The molecule has 1 aliphatic rings. The summed E-state index contributed by atoms with van der Waals surface area (Å²) < 4.78 is 39.5. The molecule has 3 nitrogen and oxygen atoms in total. The molecule has 0 aromatic heterocycles. The maximum absolute atomic E-state index is 13.1. The predicted octanol–water partition coefficient (Wildman–Crippen LogP) is 2.77. The summed E-state index contributed by atoms with van der Waals surface area (Å²) in [5.41, 5.74) is 0.421. The van der Waals surface area contributed by atoms with Gasteiger partial charge in [0.25, 0.3) is 0 Å². The van der Waals surface area contributed by atoms with Crippen molar-refractivity contribution >= 4 is 21.6 Å². The Labute approximate surface area is 118 Å². The number of rotatable bonds is 2. The highest BCUT2D eigenvalue weighted by molar-refractivity contribution is 7.89. The first-order valence-electron chi connectivity index (χ1n) is 6.22. The molecule has 19 heavy (non-hydrogen) atoms. The highest BCUT2D eigenvalue weighted by atomic mass is 35.5. The Balaban J connectivity index is 2.32. The van der Waals surface area contributed by atoms with E-state index in [0.29, 0.717) is 24.6 Å². The third-order valence-electron chi connectivity index (χ3n) is 3.58. The summed E-state index contributed by atoms with van der Waals surface area (Å²) in [7, 11) is -3.58. The average molecular weight is 306 g/mol. The van der Waals surface area contributed by atoms with E-state index in [4.69, 9.17) is 11.6 Å². The summed E-state index contributed by atoms with van der Waals surface area (Å²) >= 11 is 6.15. The minimum Gasteiger partial charge on any atom is -0.207 e. The van der Waals surface area contributed by atoms with Gasteiger partial charge in [0.2, 0.25) is 10.0 Å². The van der Waals surface area contributed by atoms with Crippen molar-refractivity contribution in [2.45, 2.75) is 30.5 Å². The van der Waals surface area contributed by atoms with Crippen LogP contribution >= 0.6 is 11.6 Å². The first-order chi connectivity index (χ1) is 8.82. The van der Waals surface area contributed by atoms with Gasteiger partial charge in [-0.2, -0.15) is 4.31 Å². The predicted molar refractivity (Wildman–Crippen MR) is 73.3 cm³/mol. The highest BCUT2D eigenvalue weighted by Crippen LogP contribution is 2.28. The Morgan fingerprint density at radius 1 is 1.42 bits per heavy atom. The van der Waals surface area contributed by atoms with Crippen molar-refractivity contribution in [3.63, 3.8) is 0 Å². The molecule has 0 aliphatic carbocycles. The van der Waals surface area contributed by atoms with Crippen molar-refractivity contribution < 1.29 is 12.8 Å². The molecule has 1 aromatic carbocycles. The van der Waals surface area contributed by atoms with Gasteiger partial charge in [0, 0.05) is 18.5 Å². The second-order valence-corrected chi connectivity index (χ2v) is 7.52. The maximum Gasteiger partial charge on any atom is 0.243 e. The zero-order valence-electron chi connectivity index (χ0n) is 10.9. The van der Waals surface area contributed by atoms with Gasteiger partial charge in [-0.15, -0.1) is 11.6 Å². The number of piperidine rings is 1. The molecule has 106 valence electrons. The molecule has 2 rings (SSSR count). The van der Waals surface area contributed by atoms with E-state index >= 15 is 0 Å². The molecule has 1 fully saturated rings. The molecule has 0 spiro atoms. The summed E-state index contributed by atoms with van der Waals surface area (Å²) in [6.45, 7) is 4.39. The maximum atomic E-state index is 13.1. The average Bonchev–Trinajstić information content (AvgIpc) is 2.32. The summed E-state index contributed by atoms with van der Waals surface area (Å²) in [5, 5.41) is -0.177. The third-order valence-corrected chi connectivity index (χ3v) is 6.18. The second kappa shape index (κ2) is 5.38. The Bertz CT molecular complexity index is 576. The van der Waals surface area contributed by atoms with Gasteiger partial charge in [-0.3, -0.25) is 0 Å². The molecule has 0 bridgehead atoms. The Morgan fingerprint density at radius 2 is 2.11 bits per heavy atom. The highest BCUT2D eigenvalue weighted by Gasteiger charge is 2.33. The lowest BCUT2D eigenvalue weighted by Crippen LogP contribution is -2.43. The Morgan fingerprint density at radius 3 is 2.68 bits per heavy atom. The standard InChI is InChI=1S/C13H17ClFNO2S/c1-9-5-6-16(8-12(9)14)19(17,18)13-4-3-11(15)7-10(13)2/h3-4,7,9,12H,5-6,8H2,1-2H3. The van der Waals surface area contributed by atoms with Gasteiger partial charge >= 0.3 is 0 Å². The normalized spacial score (nSPS) is 25.5. The number of hydrogen-bond acceptors (Lipinski definition) is 2. The number of hydrogen-bond donors (Lipinski definition) is 0. The smallest absolute Gasteiger partial charge is 0.207 e. The minimum atomic E-state index is -3.58. The number of halogens is 2. The molecule has 0 radical (unpaired) electrons. The quantitative estimate of drug-likeness (QED) is 0.788. The van der Waals surface area contributed by atoms with Crippen LogP contribution in [-0.2, 0) is 10.0 Å². The first-order valence-corrected chi connectivity index (χ1v) is 8.10. The Hall–Kier alpha value is -0.650. The van der Waals surface area contributed by atoms with E-state index in [1.54, 1.807) is 6.92 Å². The summed E-state index contributed by atoms with van der Waals surface area (Å²) in [4.78, 5) is 0.160. The van der Waals surface area contributed by atoms with Crippen molar-refractivity contribution in [1.82, 2.24) is 4.31 Å². The van der Waals surface area contributed by atoms with E-state index in [9.17, 15) is 12.8 Å². The van der Waals surface area contributed by atoms with Crippen molar-refractivity contribution in [2.24, 2.45) is 5.92 Å². The molecule has 6 heteroatoms. The van der Waals surface area contributed by atoms with Crippen LogP contribution in [0.2, 0.25) is 0 Å². The Kier molecular flexibility index (Phi) is 4.18. The largest absolute Gasteiger partial charge is 0.243 e. The van der Waals surface area contributed by atoms with Crippen LogP contribution in [0.4, 0.5) is 4.39 Å². The molecule has 0 saturated carbocycles. The van der Waals surface area contributed by atoms with E-state index in [0.717, 1.165) is 6.42 Å². The molecular formula is C13H17ClFNO2S. The molecule has 1 aromatic rings. The van der Waals surface area contributed by atoms with Crippen molar-refractivity contribution in [1.29, 1.82) is 0 Å². The lowest BCUT2D eigenvalue weighted by atomic mass is 10.0. The number of nitrogens with zero attached hydrogens (tertiary/aromatic N) is 1. The summed E-state index contributed by atoms with van der Waals surface area (Å²) in [5.74, 6) is -0.124. The van der Waals surface area contributed by atoms with Crippen LogP contribution in [0.15, 0.2) is 23.1 Å². The topological polar surface area (TPSA) is 37.4 Å². The van der Waals surface area contributed by atoms with Gasteiger partial charge < -0.3 is 0 Å². The van der Waals surface area contributed by atoms with Crippen LogP contribution in [0.5, 0.6) is 0 Å². The number of alkyl halides is 1. The number of aryl methyl sites for hydroxylation is 1. The van der Waals surface area contributed by atoms with Crippen molar-refractivity contribution in [3.8, 4) is 0 Å². The first kappa shape index (κ1) is 14.8. The van der Waals surface area contributed by atoms with Gasteiger partial charge in [0.15, 0.2) is 0 Å². The lowest BCUT2D eigenvalue weighted by molar-refractivity contribution is 0.293. The van der Waals surface area contributed by atoms with Crippen LogP contribution < -0.4 is 0 Å². The molecule has 1 heterocycles. The van der Waals surface area contributed by atoms with Crippen LogP contribution in [0.25, 0.3) is 0 Å².